The molecule has 0 N–H and O–H groups in total. The number of nitrogens with zero attached hydrogens (tertiary/aromatic N) is 2. The minimum absolute atomic E-state index is 0.731. The van der Waals surface area contributed by atoms with E-state index in [1.807, 2.05) is 24.3 Å². The average molecular weight is 397 g/mol. The van der Waals surface area contributed by atoms with Crippen molar-refractivity contribution in [3.05, 3.63) is 58.2 Å². The molecule has 0 atom stereocenters. The van der Waals surface area contributed by atoms with E-state index in [1.54, 1.807) is 14.2 Å². The highest BCUT2D eigenvalue weighted by molar-refractivity contribution is 6.31. The summed E-state index contributed by atoms with van der Waals surface area (Å²) in [7, 11) is 5.49. The van der Waals surface area contributed by atoms with Gasteiger partial charge in [-0.05, 0) is 61.0 Å². The first-order chi connectivity index (χ1) is 13.6. The molecule has 2 aromatic carbocycles. The number of aromatic nitrogens is 1. The highest BCUT2D eigenvalue weighted by atomic mass is 35.5. The van der Waals surface area contributed by atoms with Crippen molar-refractivity contribution in [1.82, 2.24) is 9.47 Å². The van der Waals surface area contributed by atoms with Crippen molar-refractivity contribution in [2.45, 2.75) is 12.8 Å². The van der Waals surface area contributed by atoms with Gasteiger partial charge in [0.2, 0.25) is 0 Å². The van der Waals surface area contributed by atoms with Gasteiger partial charge in [-0.2, -0.15) is 0 Å². The van der Waals surface area contributed by atoms with Crippen molar-refractivity contribution in [2.75, 3.05) is 34.4 Å². The summed E-state index contributed by atoms with van der Waals surface area (Å²) in [6.07, 6.45) is 6.33. The van der Waals surface area contributed by atoms with Crippen LogP contribution in [0.3, 0.4) is 0 Å². The van der Waals surface area contributed by atoms with Gasteiger partial charge in [0.1, 0.15) is 0 Å². The number of rotatable bonds is 4. The summed E-state index contributed by atoms with van der Waals surface area (Å²) >= 11 is 6.31. The second-order valence-electron chi connectivity index (χ2n) is 7.19. The van der Waals surface area contributed by atoms with Crippen LogP contribution in [0.2, 0.25) is 5.02 Å². The second-order valence-corrected chi connectivity index (χ2v) is 7.63. The summed E-state index contributed by atoms with van der Waals surface area (Å²) in [5.41, 5.74) is 5.06. The zero-order chi connectivity index (χ0) is 19.7. The lowest BCUT2D eigenvalue weighted by Crippen LogP contribution is -2.21. The molecular formula is C23H25ClN2O2. The topological polar surface area (TPSA) is 26.6 Å². The van der Waals surface area contributed by atoms with Gasteiger partial charge in [0.15, 0.2) is 11.5 Å². The zero-order valence-corrected chi connectivity index (χ0v) is 17.3. The molecule has 0 radical (unpaired) electrons. The largest absolute Gasteiger partial charge is 0.493 e. The third-order valence-corrected chi connectivity index (χ3v) is 5.72. The van der Waals surface area contributed by atoms with Crippen molar-refractivity contribution >= 4 is 34.8 Å². The molecule has 0 saturated carbocycles. The first kappa shape index (κ1) is 18.9. The fraction of sp³-hybridized carbons (Fsp3) is 0.304. The molecule has 0 amide bonds. The SMILES string of the molecule is COc1ccc(/C=C/n2c3c(c4cc(Cl)ccc42)CCN(C)CC3)cc1OC. The number of benzene rings is 2. The lowest BCUT2D eigenvalue weighted by molar-refractivity contribution is 0.351. The van der Waals surface area contributed by atoms with Crippen LogP contribution in [0.25, 0.3) is 23.2 Å². The van der Waals surface area contributed by atoms with Gasteiger partial charge in [-0.1, -0.05) is 17.7 Å². The summed E-state index contributed by atoms with van der Waals surface area (Å²) in [5, 5.41) is 2.05. The Hall–Kier alpha value is -2.43. The smallest absolute Gasteiger partial charge is 0.161 e. The molecule has 0 spiro atoms. The van der Waals surface area contributed by atoms with Gasteiger partial charge in [-0.3, -0.25) is 0 Å². The molecule has 3 aromatic rings. The van der Waals surface area contributed by atoms with E-state index in [9.17, 15) is 0 Å². The summed E-state index contributed by atoms with van der Waals surface area (Å²) in [5.74, 6) is 1.46. The monoisotopic (exact) mass is 396 g/mol. The van der Waals surface area contributed by atoms with Gasteiger partial charge in [-0.25, -0.2) is 0 Å². The van der Waals surface area contributed by atoms with Gasteiger partial charge >= 0.3 is 0 Å². The van der Waals surface area contributed by atoms with E-state index in [0.717, 1.165) is 48.0 Å². The van der Waals surface area contributed by atoms with E-state index in [4.69, 9.17) is 21.1 Å². The van der Waals surface area contributed by atoms with E-state index >= 15 is 0 Å². The molecule has 1 aromatic heterocycles. The third kappa shape index (κ3) is 3.50. The molecule has 146 valence electrons. The molecule has 0 bridgehead atoms. The Labute approximate surface area is 170 Å². The maximum Gasteiger partial charge on any atom is 0.161 e. The maximum absolute atomic E-state index is 6.31. The van der Waals surface area contributed by atoms with Gasteiger partial charge in [0.25, 0.3) is 0 Å². The number of ether oxygens (including phenoxy) is 2. The first-order valence-corrected chi connectivity index (χ1v) is 9.88. The van der Waals surface area contributed by atoms with Crippen LogP contribution in [0.4, 0.5) is 0 Å². The van der Waals surface area contributed by atoms with Crippen LogP contribution in [0.15, 0.2) is 36.4 Å². The Balaban J connectivity index is 1.79. The Morgan fingerprint density at radius 1 is 0.964 bits per heavy atom. The van der Waals surface area contributed by atoms with Crippen molar-refractivity contribution in [2.24, 2.45) is 0 Å². The fourth-order valence-electron chi connectivity index (χ4n) is 3.96. The number of hydrogen-bond donors (Lipinski definition) is 0. The van der Waals surface area contributed by atoms with Crippen LogP contribution in [-0.2, 0) is 12.8 Å². The standard InChI is InChI=1S/C23H25ClN2O2/c1-25-11-9-18-19-15-17(24)5-6-20(19)26(21(18)10-12-25)13-8-16-4-7-22(27-2)23(14-16)28-3/h4-8,13-15H,9-12H2,1-3H3/b13-8+. The lowest BCUT2D eigenvalue weighted by atomic mass is 10.1. The number of likely N-dealkylation sites (N-methyl/N-ethyl adjacent to an activating group) is 1. The third-order valence-electron chi connectivity index (χ3n) is 5.48. The van der Waals surface area contributed by atoms with Crippen LogP contribution in [0, 0.1) is 0 Å². The van der Waals surface area contributed by atoms with Gasteiger partial charge in [0, 0.05) is 41.8 Å². The van der Waals surface area contributed by atoms with Crippen LogP contribution in [0.1, 0.15) is 16.8 Å². The first-order valence-electron chi connectivity index (χ1n) is 9.50. The van der Waals surface area contributed by atoms with Crippen molar-refractivity contribution in [3.63, 3.8) is 0 Å². The van der Waals surface area contributed by atoms with E-state index in [0.29, 0.717) is 0 Å². The van der Waals surface area contributed by atoms with Crippen LogP contribution >= 0.6 is 11.6 Å². The summed E-state index contributed by atoms with van der Waals surface area (Å²) < 4.78 is 13.1. The second kappa shape index (κ2) is 7.90. The Kier molecular flexibility index (Phi) is 5.33. The molecule has 0 fully saturated rings. The number of halogens is 1. The van der Waals surface area contributed by atoms with Crippen molar-refractivity contribution < 1.29 is 9.47 Å². The van der Waals surface area contributed by atoms with Crippen LogP contribution in [-0.4, -0.2) is 43.8 Å². The summed E-state index contributed by atoms with van der Waals surface area (Å²) in [6, 6.07) is 12.1. The average Bonchev–Trinajstić information content (AvgIpc) is 2.85. The Morgan fingerprint density at radius 2 is 1.75 bits per heavy atom. The predicted molar refractivity (Wildman–Crippen MR) is 117 cm³/mol. The molecule has 4 rings (SSSR count). The quantitative estimate of drug-likeness (QED) is 0.622. The highest BCUT2D eigenvalue weighted by Gasteiger charge is 2.20. The van der Waals surface area contributed by atoms with Crippen molar-refractivity contribution in [1.29, 1.82) is 0 Å². The van der Waals surface area contributed by atoms with Crippen LogP contribution in [0.5, 0.6) is 11.5 Å². The van der Waals surface area contributed by atoms with Crippen LogP contribution < -0.4 is 9.47 Å². The molecule has 2 heterocycles. The molecule has 4 nitrogen and oxygen atoms in total. The normalized spacial score (nSPS) is 15.0. The molecule has 28 heavy (non-hydrogen) atoms. The predicted octanol–water partition coefficient (Wildman–Crippen LogP) is 4.97. The van der Waals surface area contributed by atoms with E-state index in [-0.39, 0.29) is 0 Å². The van der Waals surface area contributed by atoms with Gasteiger partial charge < -0.3 is 18.9 Å². The number of fused-ring (bicyclic) bond motifs is 3. The molecule has 0 aliphatic carbocycles. The lowest BCUT2D eigenvalue weighted by Gasteiger charge is -2.12. The van der Waals surface area contributed by atoms with Gasteiger partial charge in [0.05, 0.1) is 19.7 Å². The summed E-state index contributed by atoms with van der Waals surface area (Å²) in [4.78, 5) is 2.39. The van der Waals surface area contributed by atoms with Gasteiger partial charge in [-0.15, -0.1) is 0 Å². The van der Waals surface area contributed by atoms with E-state index in [2.05, 4.69) is 40.9 Å². The maximum atomic E-state index is 6.31. The van der Waals surface area contributed by atoms with E-state index in [1.165, 1.54) is 22.2 Å². The minimum Gasteiger partial charge on any atom is -0.493 e. The number of hydrogen-bond acceptors (Lipinski definition) is 3. The highest BCUT2D eigenvalue weighted by Crippen LogP contribution is 2.32. The zero-order valence-electron chi connectivity index (χ0n) is 16.5. The number of methoxy groups -OCH3 is 2. The Bertz CT molecular complexity index is 1040. The molecule has 0 unspecified atom stereocenters. The van der Waals surface area contributed by atoms with E-state index < -0.39 is 0 Å². The molecule has 1 aliphatic rings. The minimum atomic E-state index is 0.731. The molecule has 0 saturated heterocycles. The molecule has 5 heteroatoms. The Morgan fingerprint density at radius 3 is 2.54 bits per heavy atom. The van der Waals surface area contributed by atoms with Crippen molar-refractivity contribution in [3.8, 4) is 11.5 Å². The summed E-state index contributed by atoms with van der Waals surface area (Å²) in [6.45, 7) is 2.12. The molecular weight excluding hydrogens is 372 g/mol. The molecule has 1 aliphatic heterocycles. The fourth-order valence-corrected chi connectivity index (χ4v) is 4.13.